The third kappa shape index (κ3) is 5.20. The van der Waals surface area contributed by atoms with Crippen LogP contribution in [-0.4, -0.2) is 30.1 Å². The summed E-state index contributed by atoms with van der Waals surface area (Å²) in [7, 11) is 0. The number of hydrogen-bond donors (Lipinski definition) is 1. The van der Waals surface area contributed by atoms with Crippen LogP contribution in [0.25, 0.3) is 10.9 Å². The van der Waals surface area contributed by atoms with Crippen LogP contribution in [0.1, 0.15) is 80.0 Å². The molecule has 2 heterocycles. The number of fused-ring (bicyclic) bond motifs is 1. The Morgan fingerprint density at radius 3 is 2.63 bits per heavy atom. The molecule has 182 valence electrons. The van der Waals surface area contributed by atoms with E-state index in [1.165, 1.54) is 30.4 Å². The van der Waals surface area contributed by atoms with E-state index in [4.69, 9.17) is 0 Å². The predicted molar refractivity (Wildman–Crippen MR) is 138 cm³/mol. The van der Waals surface area contributed by atoms with Crippen LogP contribution in [0, 0.1) is 6.92 Å². The number of H-pyrrole nitrogens is 1. The molecule has 2 aromatic heterocycles. The molecule has 1 saturated carbocycles. The molecule has 0 unspecified atom stereocenters. The third-order valence-corrected chi connectivity index (χ3v) is 7.24. The van der Waals surface area contributed by atoms with E-state index in [9.17, 15) is 4.79 Å². The number of nitrogens with zero attached hydrogens (tertiary/aromatic N) is 5. The van der Waals surface area contributed by atoms with Crippen molar-refractivity contribution >= 4 is 10.9 Å². The van der Waals surface area contributed by atoms with Crippen LogP contribution in [0.4, 0.5) is 0 Å². The van der Waals surface area contributed by atoms with Crippen molar-refractivity contribution in [2.24, 2.45) is 0 Å². The summed E-state index contributed by atoms with van der Waals surface area (Å²) in [5, 5.41) is 14.1. The zero-order valence-corrected chi connectivity index (χ0v) is 20.7. The van der Waals surface area contributed by atoms with E-state index < -0.39 is 0 Å². The minimum absolute atomic E-state index is 0.000242. The summed E-state index contributed by atoms with van der Waals surface area (Å²) in [5.74, 6) is 0.906. The Morgan fingerprint density at radius 1 is 1.06 bits per heavy atom. The molecule has 1 fully saturated rings. The molecule has 0 saturated heterocycles. The van der Waals surface area contributed by atoms with Gasteiger partial charge in [-0.05, 0) is 65.8 Å². The second-order valence-electron chi connectivity index (χ2n) is 9.80. The van der Waals surface area contributed by atoms with Gasteiger partial charge in [0.15, 0.2) is 5.82 Å². The van der Waals surface area contributed by atoms with Crippen molar-refractivity contribution in [1.29, 1.82) is 0 Å². The highest BCUT2D eigenvalue weighted by atomic mass is 16.1. The van der Waals surface area contributed by atoms with Crippen LogP contribution in [-0.2, 0) is 13.1 Å². The smallest absolute Gasteiger partial charge is 0.252 e. The van der Waals surface area contributed by atoms with Gasteiger partial charge in [0.1, 0.15) is 0 Å². The second-order valence-corrected chi connectivity index (χ2v) is 9.80. The predicted octanol–water partition coefficient (Wildman–Crippen LogP) is 5.48. The maximum atomic E-state index is 13.1. The van der Waals surface area contributed by atoms with Gasteiger partial charge in [0.25, 0.3) is 5.56 Å². The fourth-order valence-corrected chi connectivity index (χ4v) is 5.41. The van der Waals surface area contributed by atoms with Gasteiger partial charge in [0.2, 0.25) is 0 Å². The topological polar surface area (TPSA) is 79.7 Å². The number of rotatable bonds is 8. The van der Waals surface area contributed by atoms with Gasteiger partial charge in [-0.15, -0.1) is 5.10 Å². The number of hydrogen-bond acceptors (Lipinski definition) is 5. The van der Waals surface area contributed by atoms with E-state index in [-0.39, 0.29) is 11.6 Å². The molecule has 0 aliphatic heterocycles. The van der Waals surface area contributed by atoms with E-state index in [0.29, 0.717) is 19.1 Å². The van der Waals surface area contributed by atoms with Crippen molar-refractivity contribution in [1.82, 2.24) is 30.1 Å². The van der Waals surface area contributed by atoms with Crippen LogP contribution in [0.3, 0.4) is 0 Å². The van der Waals surface area contributed by atoms with Crippen LogP contribution in [0.2, 0.25) is 0 Å². The van der Waals surface area contributed by atoms with Crippen molar-refractivity contribution in [3.05, 3.63) is 87.5 Å². The Labute approximate surface area is 206 Å². The molecule has 0 amide bonds. The summed E-state index contributed by atoms with van der Waals surface area (Å²) in [6.45, 7) is 5.48. The zero-order valence-electron chi connectivity index (χ0n) is 20.7. The Kier molecular flexibility index (Phi) is 7.04. The molecular weight excluding hydrogens is 436 g/mol. The monoisotopic (exact) mass is 470 g/mol. The van der Waals surface area contributed by atoms with Crippen molar-refractivity contribution in [2.75, 3.05) is 0 Å². The fourth-order valence-electron chi connectivity index (χ4n) is 5.41. The van der Waals surface area contributed by atoms with Crippen molar-refractivity contribution < 1.29 is 0 Å². The van der Waals surface area contributed by atoms with Crippen LogP contribution in [0.5, 0.6) is 0 Å². The molecular formula is C28H34N6O. The highest BCUT2D eigenvalue weighted by molar-refractivity contribution is 5.79. The summed E-state index contributed by atoms with van der Waals surface area (Å²) >= 11 is 0. The lowest BCUT2D eigenvalue weighted by Crippen LogP contribution is -2.33. The zero-order chi connectivity index (χ0) is 24.2. The lowest BCUT2D eigenvalue weighted by molar-refractivity contribution is 0.155. The van der Waals surface area contributed by atoms with Gasteiger partial charge in [-0.2, -0.15) is 0 Å². The first-order valence-corrected chi connectivity index (χ1v) is 12.8. The summed E-state index contributed by atoms with van der Waals surface area (Å²) in [4.78, 5) is 18.5. The maximum Gasteiger partial charge on any atom is 0.252 e. The van der Waals surface area contributed by atoms with Gasteiger partial charge in [-0.1, -0.05) is 68.1 Å². The summed E-state index contributed by atoms with van der Waals surface area (Å²) in [6, 6.07) is 18.9. The highest BCUT2D eigenvalue weighted by Crippen LogP contribution is 2.32. The lowest BCUT2D eigenvalue weighted by Gasteiger charge is -2.32. The van der Waals surface area contributed by atoms with E-state index in [1.807, 2.05) is 24.3 Å². The van der Waals surface area contributed by atoms with Crippen LogP contribution >= 0.6 is 0 Å². The van der Waals surface area contributed by atoms with Crippen molar-refractivity contribution in [2.45, 2.75) is 77.5 Å². The van der Waals surface area contributed by atoms with Gasteiger partial charge >= 0.3 is 0 Å². The molecule has 1 atom stereocenters. The van der Waals surface area contributed by atoms with Crippen LogP contribution in [0.15, 0.2) is 59.4 Å². The molecule has 35 heavy (non-hydrogen) atoms. The molecule has 1 N–H and O–H groups in total. The Bertz CT molecular complexity index is 1320. The van der Waals surface area contributed by atoms with Crippen LogP contribution < -0.4 is 5.56 Å². The maximum absolute atomic E-state index is 13.1. The van der Waals surface area contributed by atoms with Gasteiger partial charge in [-0.25, -0.2) is 4.68 Å². The first-order valence-electron chi connectivity index (χ1n) is 12.8. The number of benzene rings is 2. The van der Waals surface area contributed by atoms with E-state index in [2.05, 4.69) is 74.3 Å². The van der Waals surface area contributed by atoms with Gasteiger partial charge in [0.05, 0.1) is 12.1 Å². The highest BCUT2D eigenvalue weighted by Gasteiger charge is 2.29. The van der Waals surface area contributed by atoms with Crippen molar-refractivity contribution in [3.8, 4) is 0 Å². The third-order valence-electron chi connectivity index (χ3n) is 7.24. The standard InChI is InChI=1S/C28H34N6O/c1-3-26(27-30-31-32-34(27)24-12-8-5-9-13-24)33(18-21-10-6-4-7-11-21)19-23-17-22-16-20(2)14-15-25(22)29-28(23)35/h4,6-7,10-11,14-17,24,26H,3,5,8-9,12-13,18-19H2,1-2H3,(H,29,35)/t26-/m0/s1. The first-order chi connectivity index (χ1) is 17.1. The molecule has 7 heteroatoms. The number of aromatic nitrogens is 5. The van der Waals surface area contributed by atoms with Crippen molar-refractivity contribution in [3.63, 3.8) is 0 Å². The molecule has 2 aromatic carbocycles. The molecule has 7 nitrogen and oxygen atoms in total. The SMILES string of the molecule is CC[C@@H](c1nnnn1C1CCCCC1)N(Cc1ccccc1)Cc1cc2cc(C)ccc2[nH]c1=O. The number of aryl methyl sites for hydroxylation is 1. The largest absolute Gasteiger partial charge is 0.322 e. The summed E-state index contributed by atoms with van der Waals surface area (Å²) in [5.41, 5.74) is 3.97. The number of pyridine rings is 1. The molecule has 0 bridgehead atoms. The molecule has 5 rings (SSSR count). The first kappa shape index (κ1) is 23.4. The second kappa shape index (κ2) is 10.5. The van der Waals surface area contributed by atoms with Gasteiger partial charge < -0.3 is 4.98 Å². The van der Waals surface area contributed by atoms with Gasteiger partial charge in [-0.3, -0.25) is 9.69 Å². The molecule has 0 spiro atoms. The Hall–Kier alpha value is -3.32. The Morgan fingerprint density at radius 2 is 1.86 bits per heavy atom. The van der Waals surface area contributed by atoms with E-state index in [1.54, 1.807) is 0 Å². The average Bonchev–Trinajstić information content (AvgIpc) is 3.36. The molecule has 0 radical (unpaired) electrons. The summed E-state index contributed by atoms with van der Waals surface area (Å²) in [6.07, 6.45) is 6.83. The number of aromatic amines is 1. The van der Waals surface area contributed by atoms with E-state index in [0.717, 1.165) is 41.6 Å². The number of tetrazole rings is 1. The fraction of sp³-hybridized carbons (Fsp3) is 0.429. The average molecular weight is 471 g/mol. The summed E-state index contributed by atoms with van der Waals surface area (Å²) < 4.78 is 2.07. The normalized spacial score (nSPS) is 15.6. The minimum atomic E-state index is -0.0406. The van der Waals surface area contributed by atoms with E-state index >= 15 is 0 Å². The van der Waals surface area contributed by atoms with Gasteiger partial charge in [0, 0.05) is 24.2 Å². The molecule has 1 aliphatic rings. The number of nitrogens with one attached hydrogen (secondary N) is 1. The lowest BCUT2D eigenvalue weighted by atomic mass is 9.95. The molecule has 4 aromatic rings. The Balaban J connectivity index is 1.52. The molecule has 1 aliphatic carbocycles. The quantitative estimate of drug-likeness (QED) is 0.369. The minimum Gasteiger partial charge on any atom is -0.322 e.